The van der Waals surface area contributed by atoms with E-state index in [4.69, 9.17) is 16.3 Å². The van der Waals surface area contributed by atoms with Crippen molar-refractivity contribution in [2.24, 2.45) is 11.8 Å². The van der Waals surface area contributed by atoms with Crippen molar-refractivity contribution in [3.8, 4) is 0 Å². The maximum atomic E-state index is 15.4. The average Bonchev–Trinajstić information content (AvgIpc) is 3.65. The topological polar surface area (TPSA) is 67.6 Å². The third-order valence-electron chi connectivity index (χ3n) is 7.42. The largest absolute Gasteiger partial charge is 0.444 e. The molecule has 4 fully saturated rings. The summed E-state index contributed by atoms with van der Waals surface area (Å²) >= 11 is 6.24. The van der Waals surface area contributed by atoms with Crippen LogP contribution in [-0.2, 0) is 11.3 Å². The highest BCUT2D eigenvalue weighted by Crippen LogP contribution is 2.62. The lowest BCUT2D eigenvalue weighted by Crippen LogP contribution is -2.36. The van der Waals surface area contributed by atoms with Crippen molar-refractivity contribution in [1.29, 1.82) is 0 Å². The molecule has 3 atom stereocenters. The Morgan fingerprint density at radius 3 is 2.41 bits per heavy atom. The Bertz CT molecular complexity index is 1120. The molecule has 3 aliphatic carbocycles. The van der Waals surface area contributed by atoms with Gasteiger partial charge in [0.25, 0.3) is 0 Å². The summed E-state index contributed by atoms with van der Waals surface area (Å²) in [5, 5.41) is 11.2. The number of hydrogen-bond donors (Lipinski definition) is 1. The predicted octanol–water partition coefficient (Wildman–Crippen LogP) is 5.11. The second-order valence-corrected chi connectivity index (χ2v) is 11.3. The number of aromatic nitrogens is 2. The highest BCUT2D eigenvalue weighted by molar-refractivity contribution is 6.30. The van der Waals surface area contributed by atoms with Gasteiger partial charge in [0, 0.05) is 36.1 Å². The number of piperidine rings is 1. The molecule has 0 spiro atoms. The van der Waals surface area contributed by atoms with Crippen molar-refractivity contribution in [3.05, 3.63) is 27.9 Å². The number of aliphatic hydroxyl groups is 1. The van der Waals surface area contributed by atoms with Gasteiger partial charge in [0.2, 0.25) is 0 Å². The maximum Gasteiger partial charge on any atom is 0.410 e. The molecular weight excluding hydrogens is 433 g/mol. The second kappa shape index (κ2) is 6.83. The van der Waals surface area contributed by atoms with Gasteiger partial charge in [0.15, 0.2) is 11.0 Å². The fourth-order valence-corrected chi connectivity index (χ4v) is 5.96. The molecule has 172 valence electrons. The number of fused-ring (bicyclic) bond motifs is 2. The van der Waals surface area contributed by atoms with Gasteiger partial charge in [0.05, 0.1) is 17.8 Å². The number of hydrogen-bond acceptors (Lipinski definition) is 4. The van der Waals surface area contributed by atoms with Crippen molar-refractivity contribution in [3.63, 3.8) is 0 Å². The Morgan fingerprint density at radius 2 is 1.88 bits per heavy atom. The fraction of sp³-hybridized carbons (Fsp3) is 0.667. The van der Waals surface area contributed by atoms with E-state index in [0.717, 1.165) is 48.0 Å². The number of aliphatic hydroxyl groups excluding tert-OH is 1. The van der Waals surface area contributed by atoms with Crippen LogP contribution in [-0.4, -0.2) is 44.3 Å². The zero-order chi connectivity index (χ0) is 22.5. The second-order valence-electron chi connectivity index (χ2n) is 11.0. The molecule has 1 saturated heterocycles. The third-order valence-corrected chi connectivity index (χ3v) is 7.67. The van der Waals surface area contributed by atoms with Crippen LogP contribution >= 0.6 is 11.6 Å². The normalized spacial score (nSPS) is 27.2. The fourth-order valence-electron chi connectivity index (χ4n) is 5.78. The summed E-state index contributed by atoms with van der Waals surface area (Å²) in [5.74, 6) is 0.653. The van der Waals surface area contributed by atoms with Crippen LogP contribution in [0.4, 0.5) is 9.18 Å². The molecule has 3 heterocycles. The number of nitrogens with zero attached hydrogens (tertiary/aromatic N) is 3. The number of pyridine rings is 1. The first-order chi connectivity index (χ1) is 15.2. The van der Waals surface area contributed by atoms with Crippen LogP contribution in [0.5, 0.6) is 0 Å². The molecule has 3 saturated carbocycles. The van der Waals surface area contributed by atoms with Crippen LogP contribution < -0.4 is 0 Å². The summed E-state index contributed by atoms with van der Waals surface area (Å²) in [7, 11) is 0. The molecule has 2 aromatic rings. The van der Waals surface area contributed by atoms with Crippen molar-refractivity contribution in [2.75, 3.05) is 13.1 Å². The molecule has 2 aromatic heterocycles. The van der Waals surface area contributed by atoms with E-state index in [0.29, 0.717) is 36.4 Å². The molecule has 2 unspecified atom stereocenters. The highest BCUT2D eigenvalue weighted by atomic mass is 35.5. The molecule has 1 amide bonds. The number of halogens is 2. The highest BCUT2D eigenvalue weighted by Gasteiger charge is 2.59. The van der Waals surface area contributed by atoms with Crippen LogP contribution in [0.15, 0.2) is 0 Å². The van der Waals surface area contributed by atoms with E-state index in [-0.39, 0.29) is 29.8 Å². The van der Waals surface area contributed by atoms with E-state index in [1.807, 2.05) is 25.3 Å². The predicted molar refractivity (Wildman–Crippen MR) is 118 cm³/mol. The van der Waals surface area contributed by atoms with E-state index in [1.165, 1.54) is 0 Å². The zero-order valence-electron chi connectivity index (χ0n) is 18.7. The summed E-state index contributed by atoms with van der Waals surface area (Å²) in [6.07, 6.45) is 3.77. The summed E-state index contributed by atoms with van der Waals surface area (Å²) in [6.45, 7) is 6.75. The van der Waals surface area contributed by atoms with Gasteiger partial charge >= 0.3 is 6.09 Å². The number of carbonyl (C=O) groups excluding carboxylic acids is 1. The maximum absolute atomic E-state index is 15.4. The lowest BCUT2D eigenvalue weighted by atomic mass is 9.99. The molecule has 0 aromatic carbocycles. The van der Waals surface area contributed by atoms with E-state index >= 15 is 4.39 Å². The lowest BCUT2D eigenvalue weighted by molar-refractivity contribution is 0.0271. The van der Waals surface area contributed by atoms with E-state index in [1.54, 1.807) is 4.90 Å². The Kier molecular flexibility index (Phi) is 4.42. The molecule has 0 bridgehead atoms. The Labute approximate surface area is 191 Å². The minimum Gasteiger partial charge on any atom is -0.444 e. The minimum absolute atomic E-state index is 0.0677. The Morgan fingerprint density at radius 1 is 1.22 bits per heavy atom. The summed E-state index contributed by atoms with van der Waals surface area (Å²) in [4.78, 5) is 18.8. The number of rotatable bonds is 4. The van der Waals surface area contributed by atoms with E-state index < -0.39 is 11.4 Å². The van der Waals surface area contributed by atoms with Crippen molar-refractivity contribution >= 4 is 28.6 Å². The van der Waals surface area contributed by atoms with Crippen LogP contribution in [0.3, 0.4) is 0 Å². The quantitative estimate of drug-likeness (QED) is 0.642. The van der Waals surface area contributed by atoms with Gasteiger partial charge in [-0.1, -0.05) is 11.6 Å². The number of ether oxygens (including phenoxy) is 1. The number of likely N-dealkylation sites (tertiary alicyclic amines) is 1. The van der Waals surface area contributed by atoms with Crippen molar-refractivity contribution in [1.82, 2.24) is 14.5 Å². The summed E-state index contributed by atoms with van der Waals surface area (Å²) in [6, 6.07) is 0.213. The Balaban J connectivity index is 1.41. The minimum atomic E-state index is -0.521. The Hall–Kier alpha value is -1.86. The first-order valence-corrected chi connectivity index (χ1v) is 12.1. The van der Waals surface area contributed by atoms with Crippen LogP contribution in [0.1, 0.15) is 81.3 Å². The molecule has 6 rings (SSSR count). The first kappa shape index (κ1) is 20.7. The van der Waals surface area contributed by atoms with Gasteiger partial charge in [-0.05, 0) is 69.8 Å². The molecule has 0 radical (unpaired) electrons. The van der Waals surface area contributed by atoms with Crippen LogP contribution in [0, 0.1) is 17.7 Å². The van der Waals surface area contributed by atoms with Crippen molar-refractivity contribution < 1.29 is 19.0 Å². The number of carbonyl (C=O) groups is 1. The van der Waals surface area contributed by atoms with Gasteiger partial charge in [-0.2, -0.15) is 0 Å². The molecule has 32 heavy (non-hydrogen) atoms. The third kappa shape index (κ3) is 3.15. The van der Waals surface area contributed by atoms with Gasteiger partial charge in [-0.15, -0.1) is 0 Å². The van der Waals surface area contributed by atoms with Crippen LogP contribution in [0.25, 0.3) is 10.9 Å². The number of amides is 1. The van der Waals surface area contributed by atoms with Gasteiger partial charge in [0.1, 0.15) is 5.60 Å². The SMILES string of the molecule is CC(C)(C)OC(=O)N1CC2C(c3c(CO)n(C4CC4)c4c(F)c(Cl)nc(C5CC5)c34)[C@@H]2C1. The van der Waals surface area contributed by atoms with E-state index in [2.05, 4.69) is 4.98 Å². The molecule has 4 aliphatic rings. The first-order valence-electron chi connectivity index (χ1n) is 11.7. The van der Waals surface area contributed by atoms with Gasteiger partial charge in [-0.25, -0.2) is 14.2 Å². The van der Waals surface area contributed by atoms with Gasteiger partial charge < -0.3 is 19.3 Å². The monoisotopic (exact) mass is 461 g/mol. The summed E-state index contributed by atoms with van der Waals surface area (Å²) in [5.41, 5.74) is 2.77. The molecular formula is C24H29ClFN3O3. The molecule has 8 heteroatoms. The van der Waals surface area contributed by atoms with Crippen LogP contribution in [0.2, 0.25) is 5.15 Å². The smallest absolute Gasteiger partial charge is 0.410 e. The molecule has 1 N–H and O–H groups in total. The van der Waals surface area contributed by atoms with Crippen molar-refractivity contribution in [2.45, 2.75) is 76.5 Å². The van der Waals surface area contributed by atoms with E-state index in [9.17, 15) is 9.90 Å². The standard InChI is InChI=1S/C24H29ClFN3O3/c1-24(2,3)32-23(31)28-8-13-14(9-28)16(13)17-15(10-30)29(12-6-7-12)21-18(17)20(11-4-5-11)27-22(25)19(21)26/h11-14,16,30H,4-10H2,1-3H3/t13-,14?,16?/m1/s1. The lowest BCUT2D eigenvalue weighted by Gasteiger charge is -2.26. The summed E-state index contributed by atoms with van der Waals surface area (Å²) < 4.78 is 22.9. The van der Waals surface area contributed by atoms with Gasteiger partial charge in [-0.3, -0.25) is 0 Å². The average molecular weight is 462 g/mol. The molecule has 6 nitrogen and oxygen atoms in total. The zero-order valence-corrected chi connectivity index (χ0v) is 19.5. The molecule has 1 aliphatic heterocycles.